The zero-order valence-corrected chi connectivity index (χ0v) is 12.5. The molecule has 2 unspecified atom stereocenters. The Labute approximate surface area is 119 Å². The predicted molar refractivity (Wildman–Crippen MR) is 76.4 cm³/mol. The van der Waals surface area contributed by atoms with Crippen LogP contribution < -0.4 is 14.8 Å². The molecule has 0 saturated heterocycles. The largest absolute Gasteiger partial charge is 0.497 e. The summed E-state index contributed by atoms with van der Waals surface area (Å²) in [5.41, 5.74) is 0.455. The van der Waals surface area contributed by atoms with E-state index < -0.39 is 0 Å². The summed E-state index contributed by atoms with van der Waals surface area (Å²) in [5, 5.41) is 2.91. The van der Waals surface area contributed by atoms with Crippen LogP contribution in [0.1, 0.15) is 30.6 Å². The number of hydrogen-bond donors (Lipinski definition) is 1. The van der Waals surface area contributed by atoms with Crippen molar-refractivity contribution in [1.29, 1.82) is 0 Å². The predicted octanol–water partition coefficient (Wildman–Crippen LogP) is 2.84. The molecule has 0 spiro atoms. The molecule has 0 bridgehead atoms. The zero-order valence-electron chi connectivity index (χ0n) is 11.7. The number of nitrogens with one attached hydrogen (secondary N) is 1. The van der Waals surface area contributed by atoms with Gasteiger partial charge < -0.3 is 14.8 Å². The molecule has 106 valence electrons. The number of benzene rings is 1. The lowest BCUT2D eigenvalue weighted by Crippen LogP contribution is -2.34. The monoisotopic (exact) mass is 285 g/mol. The van der Waals surface area contributed by atoms with E-state index in [-0.39, 0.29) is 17.3 Å². The minimum atomic E-state index is -0.194. The second kappa shape index (κ2) is 7.24. The van der Waals surface area contributed by atoms with Crippen LogP contribution in [0.3, 0.4) is 0 Å². The Hall–Kier alpha value is -1.42. The molecular weight excluding hydrogens is 266 g/mol. The fourth-order valence-electron chi connectivity index (χ4n) is 1.84. The van der Waals surface area contributed by atoms with E-state index in [1.807, 2.05) is 13.8 Å². The number of carbonyl (C=O) groups is 1. The quantitative estimate of drug-likeness (QED) is 0.818. The summed E-state index contributed by atoms with van der Waals surface area (Å²) in [4.78, 5) is 12.2. The van der Waals surface area contributed by atoms with Crippen LogP contribution in [0.5, 0.6) is 11.5 Å². The van der Waals surface area contributed by atoms with Crippen molar-refractivity contribution in [2.75, 3.05) is 14.2 Å². The molecule has 19 heavy (non-hydrogen) atoms. The molecule has 0 radical (unpaired) electrons. The fourth-order valence-corrected chi connectivity index (χ4v) is 2.11. The molecule has 5 heteroatoms. The van der Waals surface area contributed by atoms with Gasteiger partial charge in [0.15, 0.2) is 0 Å². The molecule has 0 aromatic heterocycles. The first kappa shape index (κ1) is 15.6. The van der Waals surface area contributed by atoms with Crippen molar-refractivity contribution in [3.8, 4) is 11.5 Å². The Morgan fingerprint density at radius 1 is 1.32 bits per heavy atom. The summed E-state index contributed by atoms with van der Waals surface area (Å²) in [5.74, 6) is 0.939. The molecule has 1 rings (SSSR count). The van der Waals surface area contributed by atoms with Crippen molar-refractivity contribution in [3.05, 3.63) is 23.8 Å². The van der Waals surface area contributed by atoms with Gasteiger partial charge in [-0.1, -0.05) is 0 Å². The molecule has 0 heterocycles. The maximum Gasteiger partial charge on any atom is 0.255 e. The van der Waals surface area contributed by atoms with Crippen molar-refractivity contribution >= 4 is 17.5 Å². The number of hydrogen-bond acceptors (Lipinski definition) is 3. The Kier molecular flexibility index (Phi) is 5.96. The van der Waals surface area contributed by atoms with Crippen molar-refractivity contribution in [2.45, 2.75) is 31.7 Å². The first-order chi connectivity index (χ1) is 8.97. The molecule has 0 saturated carbocycles. The van der Waals surface area contributed by atoms with E-state index >= 15 is 0 Å². The Bertz CT molecular complexity index is 435. The van der Waals surface area contributed by atoms with Crippen LogP contribution in [0.2, 0.25) is 0 Å². The SMILES string of the molecule is COc1ccc(OC)c(C(=O)NC(C)CC(C)Cl)c1. The lowest BCUT2D eigenvalue weighted by atomic mass is 10.1. The van der Waals surface area contributed by atoms with E-state index in [9.17, 15) is 4.79 Å². The van der Waals surface area contributed by atoms with Crippen LogP contribution in [0.15, 0.2) is 18.2 Å². The first-order valence-electron chi connectivity index (χ1n) is 6.14. The van der Waals surface area contributed by atoms with Crippen LogP contribution >= 0.6 is 11.6 Å². The first-order valence-corrected chi connectivity index (χ1v) is 6.58. The average molecular weight is 286 g/mol. The smallest absolute Gasteiger partial charge is 0.255 e. The standard InChI is InChI=1S/C14H20ClNO3/c1-9(15)7-10(2)16-14(17)12-8-11(18-3)5-6-13(12)19-4/h5-6,8-10H,7H2,1-4H3,(H,16,17). The van der Waals surface area contributed by atoms with Gasteiger partial charge in [-0.05, 0) is 38.5 Å². The molecule has 0 fully saturated rings. The van der Waals surface area contributed by atoms with Gasteiger partial charge in [0.25, 0.3) is 5.91 Å². The number of methoxy groups -OCH3 is 2. The van der Waals surface area contributed by atoms with Crippen LogP contribution in [0.4, 0.5) is 0 Å². The molecule has 2 atom stereocenters. The maximum atomic E-state index is 12.2. The van der Waals surface area contributed by atoms with Crippen LogP contribution in [0, 0.1) is 0 Å². The van der Waals surface area contributed by atoms with E-state index in [2.05, 4.69) is 5.32 Å². The highest BCUT2D eigenvalue weighted by Crippen LogP contribution is 2.24. The van der Waals surface area contributed by atoms with Crippen molar-refractivity contribution in [2.24, 2.45) is 0 Å². The van der Waals surface area contributed by atoms with E-state index in [0.29, 0.717) is 23.5 Å². The lowest BCUT2D eigenvalue weighted by molar-refractivity contribution is 0.0935. The highest BCUT2D eigenvalue weighted by atomic mass is 35.5. The van der Waals surface area contributed by atoms with Gasteiger partial charge in [-0.15, -0.1) is 11.6 Å². The van der Waals surface area contributed by atoms with E-state index in [0.717, 1.165) is 0 Å². The second-order valence-electron chi connectivity index (χ2n) is 4.46. The van der Waals surface area contributed by atoms with E-state index in [1.165, 1.54) is 7.11 Å². The van der Waals surface area contributed by atoms with Crippen LogP contribution in [-0.2, 0) is 0 Å². The Morgan fingerprint density at radius 3 is 2.53 bits per heavy atom. The highest BCUT2D eigenvalue weighted by Gasteiger charge is 2.16. The Balaban J connectivity index is 2.85. The zero-order chi connectivity index (χ0) is 14.4. The third-order valence-electron chi connectivity index (χ3n) is 2.71. The van der Waals surface area contributed by atoms with E-state index in [4.69, 9.17) is 21.1 Å². The molecule has 1 aromatic carbocycles. The van der Waals surface area contributed by atoms with Gasteiger partial charge in [-0.3, -0.25) is 4.79 Å². The molecule has 0 aliphatic rings. The van der Waals surface area contributed by atoms with Crippen molar-refractivity contribution in [1.82, 2.24) is 5.32 Å². The molecule has 0 aliphatic heterocycles. The molecule has 1 aromatic rings. The molecule has 0 aliphatic carbocycles. The Morgan fingerprint density at radius 2 is 2.00 bits per heavy atom. The van der Waals surface area contributed by atoms with Gasteiger partial charge in [0.1, 0.15) is 11.5 Å². The molecular formula is C14H20ClNO3. The minimum Gasteiger partial charge on any atom is -0.497 e. The van der Waals surface area contributed by atoms with Crippen LogP contribution in [-0.4, -0.2) is 31.5 Å². The summed E-state index contributed by atoms with van der Waals surface area (Å²) >= 11 is 5.91. The summed E-state index contributed by atoms with van der Waals surface area (Å²) in [6.45, 7) is 3.82. The number of halogens is 1. The normalized spacial score (nSPS) is 13.5. The number of rotatable bonds is 6. The van der Waals surface area contributed by atoms with Gasteiger partial charge in [-0.25, -0.2) is 0 Å². The molecule has 1 N–H and O–H groups in total. The number of alkyl halides is 1. The van der Waals surface area contributed by atoms with Crippen molar-refractivity contribution < 1.29 is 14.3 Å². The molecule has 4 nitrogen and oxygen atoms in total. The van der Waals surface area contributed by atoms with Crippen molar-refractivity contribution in [3.63, 3.8) is 0 Å². The summed E-state index contributed by atoms with van der Waals surface area (Å²) in [6, 6.07) is 5.11. The highest BCUT2D eigenvalue weighted by molar-refractivity contribution is 6.20. The number of carbonyl (C=O) groups excluding carboxylic acids is 1. The fraction of sp³-hybridized carbons (Fsp3) is 0.500. The average Bonchev–Trinajstić information content (AvgIpc) is 2.36. The molecule has 1 amide bonds. The minimum absolute atomic E-state index is 0.00379. The lowest BCUT2D eigenvalue weighted by Gasteiger charge is -2.16. The number of ether oxygens (including phenoxy) is 2. The van der Waals surface area contributed by atoms with Gasteiger partial charge in [-0.2, -0.15) is 0 Å². The maximum absolute atomic E-state index is 12.2. The van der Waals surface area contributed by atoms with Gasteiger partial charge in [0, 0.05) is 11.4 Å². The summed E-state index contributed by atoms with van der Waals surface area (Å²) in [7, 11) is 3.09. The van der Waals surface area contributed by atoms with E-state index in [1.54, 1.807) is 25.3 Å². The van der Waals surface area contributed by atoms with Gasteiger partial charge in [0.2, 0.25) is 0 Å². The topological polar surface area (TPSA) is 47.6 Å². The third kappa shape index (κ3) is 4.63. The van der Waals surface area contributed by atoms with Gasteiger partial charge in [0.05, 0.1) is 19.8 Å². The second-order valence-corrected chi connectivity index (χ2v) is 5.20. The third-order valence-corrected chi connectivity index (χ3v) is 2.89. The van der Waals surface area contributed by atoms with Crippen LogP contribution in [0.25, 0.3) is 0 Å². The van der Waals surface area contributed by atoms with Gasteiger partial charge >= 0.3 is 0 Å². The summed E-state index contributed by atoms with van der Waals surface area (Å²) < 4.78 is 10.3. The number of amides is 1. The summed E-state index contributed by atoms with van der Waals surface area (Å²) in [6.07, 6.45) is 0.708.